The van der Waals surface area contributed by atoms with Crippen molar-refractivity contribution in [2.45, 2.75) is 59.3 Å². The molecule has 0 fully saturated rings. The van der Waals surface area contributed by atoms with Gasteiger partial charge in [0.25, 0.3) is 0 Å². The molecule has 0 heterocycles. The van der Waals surface area contributed by atoms with Crippen LogP contribution in [0.3, 0.4) is 0 Å². The number of nitrogens with one attached hydrogen (secondary N) is 2. The van der Waals surface area contributed by atoms with Crippen molar-refractivity contribution >= 4 is 23.0 Å². The summed E-state index contributed by atoms with van der Waals surface area (Å²) in [5.41, 5.74) is 3.94. The first-order chi connectivity index (χ1) is 9.54. The lowest BCUT2D eigenvalue weighted by Gasteiger charge is -2.23. The molecule has 2 N–H and O–H groups in total. The molecule has 0 aliphatic carbocycles. The second-order valence-electron chi connectivity index (χ2n) is 5.41. The smallest absolute Gasteiger partial charge is 0.170 e. The minimum Gasteiger partial charge on any atom is -0.363 e. The van der Waals surface area contributed by atoms with Crippen LogP contribution in [0.5, 0.6) is 0 Å². The molecule has 3 heteroatoms. The summed E-state index contributed by atoms with van der Waals surface area (Å²) in [6, 6.07) is 6.61. The van der Waals surface area contributed by atoms with Crippen LogP contribution in [0, 0.1) is 0 Å². The molecule has 0 spiro atoms. The van der Waals surface area contributed by atoms with E-state index in [-0.39, 0.29) is 0 Å². The van der Waals surface area contributed by atoms with Gasteiger partial charge >= 0.3 is 0 Å². The summed E-state index contributed by atoms with van der Waals surface area (Å²) in [6.45, 7) is 11.9. The van der Waals surface area contributed by atoms with E-state index in [1.807, 2.05) is 0 Å². The Kier molecular flexibility index (Phi) is 7.00. The van der Waals surface area contributed by atoms with E-state index in [0.717, 1.165) is 19.4 Å². The summed E-state index contributed by atoms with van der Waals surface area (Å²) in [5.74, 6) is 1.07. The molecule has 0 aromatic heterocycles. The van der Waals surface area contributed by atoms with Crippen LogP contribution in [-0.4, -0.2) is 11.7 Å². The van der Waals surface area contributed by atoms with Crippen molar-refractivity contribution in [3.8, 4) is 0 Å². The number of hydrogen-bond donors (Lipinski definition) is 2. The molecule has 20 heavy (non-hydrogen) atoms. The molecule has 0 aliphatic rings. The van der Waals surface area contributed by atoms with Crippen molar-refractivity contribution in [2.75, 3.05) is 11.9 Å². The van der Waals surface area contributed by atoms with Crippen molar-refractivity contribution < 1.29 is 0 Å². The van der Waals surface area contributed by atoms with Gasteiger partial charge in [0, 0.05) is 12.2 Å². The molecule has 0 bridgehead atoms. The van der Waals surface area contributed by atoms with Gasteiger partial charge in [0.1, 0.15) is 0 Å². The van der Waals surface area contributed by atoms with Crippen LogP contribution in [0.25, 0.3) is 0 Å². The van der Waals surface area contributed by atoms with Crippen molar-refractivity contribution in [1.29, 1.82) is 0 Å². The Morgan fingerprint density at radius 1 is 1.05 bits per heavy atom. The highest BCUT2D eigenvalue weighted by Crippen LogP contribution is 2.34. The lowest BCUT2D eigenvalue weighted by atomic mass is 9.89. The predicted molar refractivity (Wildman–Crippen MR) is 93.8 cm³/mol. The summed E-state index contributed by atoms with van der Waals surface area (Å²) >= 11 is 5.38. The zero-order valence-corrected chi connectivity index (χ0v) is 14.2. The second-order valence-corrected chi connectivity index (χ2v) is 5.82. The quantitative estimate of drug-likeness (QED) is 0.720. The van der Waals surface area contributed by atoms with E-state index in [9.17, 15) is 0 Å². The largest absolute Gasteiger partial charge is 0.363 e. The molecule has 1 aromatic carbocycles. The molecule has 2 nitrogen and oxygen atoms in total. The molecule has 2 atom stereocenters. The van der Waals surface area contributed by atoms with Crippen LogP contribution in [0.15, 0.2) is 18.2 Å². The number of thiocarbonyl (C=S) groups is 1. The first kappa shape index (κ1) is 17.0. The Bertz CT molecular complexity index is 414. The highest BCUT2D eigenvalue weighted by molar-refractivity contribution is 7.80. The minimum atomic E-state index is 0.533. The van der Waals surface area contributed by atoms with Crippen LogP contribution < -0.4 is 10.6 Å². The number of rotatable bonds is 6. The van der Waals surface area contributed by atoms with Crippen LogP contribution in [0.2, 0.25) is 0 Å². The lowest BCUT2D eigenvalue weighted by molar-refractivity contribution is 0.715. The minimum absolute atomic E-state index is 0.533. The third kappa shape index (κ3) is 4.20. The first-order valence-corrected chi connectivity index (χ1v) is 8.13. The van der Waals surface area contributed by atoms with Gasteiger partial charge in [-0.1, -0.05) is 45.9 Å². The van der Waals surface area contributed by atoms with Gasteiger partial charge in [0.05, 0.1) is 0 Å². The number of benzene rings is 1. The summed E-state index contributed by atoms with van der Waals surface area (Å²) < 4.78 is 0. The normalized spacial score (nSPS) is 13.7. The van der Waals surface area contributed by atoms with Gasteiger partial charge in [-0.2, -0.15) is 0 Å². The van der Waals surface area contributed by atoms with Gasteiger partial charge in [0.2, 0.25) is 0 Å². The first-order valence-electron chi connectivity index (χ1n) is 7.72. The zero-order chi connectivity index (χ0) is 15.1. The third-order valence-corrected chi connectivity index (χ3v) is 4.24. The molecule has 0 saturated carbocycles. The number of hydrogen-bond acceptors (Lipinski definition) is 1. The fraction of sp³-hybridized carbons (Fsp3) is 0.588. The van der Waals surface area contributed by atoms with Crippen LogP contribution in [0.4, 0.5) is 5.69 Å². The average Bonchev–Trinajstić information content (AvgIpc) is 2.46. The van der Waals surface area contributed by atoms with E-state index in [1.165, 1.54) is 16.8 Å². The Hall–Kier alpha value is -1.09. The van der Waals surface area contributed by atoms with E-state index in [1.54, 1.807) is 0 Å². The third-order valence-electron chi connectivity index (χ3n) is 3.99. The molecule has 0 amide bonds. The molecule has 2 unspecified atom stereocenters. The van der Waals surface area contributed by atoms with Gasteiger partial charge in [-0.3, -0.25) is 0 Å². The monoisotopic (exact) mass is 292 g/mol. The Balaban J connectivity index is 3.21. The Morgan fingerprint density at radius 2 is 1.55 bits per heavy atom. The summed E-state index contributed by atoms with van der Waals surface area (Å²) in [6.07, 6.45) is 2.26. The Labute approximate surface area is 129 Å². The SMILES string of the molecule is CCNC(=S)Nc1c(C(C)CC)cccc1C(C)CC. The molecule has 1 rings (SSSR count). The maximum absolute atomic E-state index is 5.38. The van der Waals surface area contributed by atoms with Crippen LogP contribution in [-0.2, 0) is 0 Å². The van der Waals surface area contributed by atoms with E-state index in [4.69, 9.17) is 12.2 Å². The molecule has 1 aromatic rings. The fourth-order valence-electron chi connectivity index (χ4n) is 2.31. The highest BCUT2D eigenvalue weighted by atomic mass is 32.1. The summed E-state index contributed by atoms with van der Waals surface area (Å²) in [4.78, 5) is 0. The van der Waals surface area contributed by atoms with Crippen molar-refractivity contribution in [1.82, 2.24) is 5.32 Å². The fourth-order valence-corrected chi connectivity index (χ4v) is 2.56. The van der Waals surface area contributed by atoms with E-state index in [0.29, 0.717) is 16.9 Å². The van der Waals surface area contributed by atoms with Crippen LogP contribution >= 0.6 is 12.2 Å². The highest BCUT2D eigenvalue weighted by Gasteiger charge is 2.16. The zero-order valence-electron chi connectivity index (χ0n) is 13.4. The molecule has 0 aliphatic heterocycles. The van der Waals surface area contributed by atoms with Crippen molar-refractivity contribution in [2.24, 2.45) is 0 Å². The molecule has 112 valence electrons. The van der Waals surface area contributed by atoms with Gasteiger partial charge in [-0.05, 0) is 54.9 Å². The van der Waals surface area contributed by atoms with Gasteiger partial charge in [-0.25, -0.2) is 0 Å². The van der Waals surface area contributed by atoms with Gasteiger partial charge in [-0.15, -0.1) is 0 Å². The number of para-hydroxylation sites is 1. The van der Waals surface area contributed by atoms with E-state index in [2.05, 4.69) is 63.5 Å². The van der Waals surface area contributed by atoms with Crippen molar-refractivity contribution in [3.63, 3.8) is 0 Å². The van der Waals surface area contributed by atoms with E-state index < -0.39 is 0 Å². The molecule has 0 radical (unpaired) electrons. The van der Waals surface area contributed by atoms with Crippen molar-refractivity contribution in [3.05, 3.63) is 29.3 Å². The predicted octanol–water partition coefficient (Wildman–Crippen LogP) is 5.02. The maximum Gasteiger partial charge on any atom is 0.170 e. The Morgan fingerprint density at radius 3 is 1.95 bits per heavy atom. The number of anilines is 1. The van der Waals surface area contributed by atoms with Crippen LogP contribution in [0.1, 0.15) is 70.4 Å². The van der Waals surface area contributed by atoms with Gasteiger partial charge in [0.15, 0.2) is 5.11 Å². The topological polar surface area (TPSA) is 24.1 Å². The lowest BCUT2D eigenvalue weighted by Crippen LogP contribution is -2.29. The standard InChI is InChI=1S/C17H28N2S/c1-6-12(4)14-10-9-11-15(13(5)7-2)16(14)19-17(20)18-8-3/h9-13H,6-8H2,1-5H3,(H2,18,19,20). The summed E-state index contributed by atoms with van der Waals surface area (Å²) in [5, 5.41) is 7.33. The van der Waals surface area contributed by atoms with E-state index >= 15 is 0 Å². The summed E-state index contributed by atoms with van der Waals surface area (Å²) in [7, 11) is 0. The van der Waals surface area contributed by atoms with Gasteiger partial charge < -0.3 is 10.6 Å². The molecule has 0 saturated heterocycles. The maximum atomic E-state index is 5.38. The average molecular weight is 292 g/mol. The molecular weight excluding hydrogens is 264 g/mol. The second kappa shape index (κ2) is 8.25. The molecular formula is C17H28N2S.